The monoisotopic (exact) mass is 299 g/mol. The molecule has 2 aromatic rings. The first-order chi connectivity index (χ1) is 7.65. The van der Waals surface area contributed by atoms with E-state index in [2.05, 4.69) is 26.3 Å². The van der Waals surface area contributed by atoms with Gasteiger partial charge in [0.25, 0.3) is 0 Å². The van der Waals surface area contributed by atoms with Crippen molar-refractivity contribution in [1.29, 1.82) is 0 Å². The Balaban J connectivity index is 2.07. The van der Waals surface area contributed by atoms with Crippen LogP contribution in [-0.2, 0) is 13.6 Å². The fourth-order valence-electron chi connectivity index (χ4n) is 1.39. The van der Waals surface area contributed by atoms with Crippen LogP contribution in [0.25, 0.3) is 0 Å². The maximum atomic E-state index is 5.94. The molecule has 0 saturated carbocycles. The molecule has 0 saturated heterocycles. The van der Waals surface area contributed by atoms with Crippen LogP contribution >= 0.6 is 27.5 Å². The van der Waals surface area contributed by atoms with Gasteiger partial charge in [-0.15, -0.1) is 0 Å². The lowest BCUT2D eigenvalue weighted by molar-refractivity contribution is 0.768. The molecule has 84 valence electrons. The van der Waals surface area contributed by atoms with Crippen molar-refractivity contribution in [3.63, 3.8) is 0 Å². The molecule has 0 aliphatic rings. The van der Waals surface area contributed by atoms with Crippen molar-refractivity contribution in [3.8, 4) is 0 Å². The molecule has 3 nitrogen and oxygen atoms in total. The molecular formula is C11H11BrClN3. The van der Waals surface area contributed by atoms with Crippen molar-refractivity contribution in [1.82, 2.24) is 9.78 Å². The first-order valence-corrected chi connectivity index (χ1v) is 5.99. The van der Waals surface area contributed by atoms with Crippen LogP contribution in [0.3, 0.4) is 0 Å². The third kappa shape index (κ3) is 2.77. The average Bonchev–Trinajstić information content (AvgIpc) is 2.66. The summed E-state index contributed by atoms with van der Waals surface area (Å²) < 4.78 is 2.81. The maximum Gasteiger partial charge on any atom is 0.0729 e. The molecule has 0 atom stereocenters. The summed E-state index contributed by atoms with van der Waals surface area (Å²) in [7, 11) is 1.89. The molecule has 1 aromatic carbocycles. The Morgan fingerprint density at radius 2 is 2.31 bits per heavy atom. The second kappa shape index (κ2) is 4.89. The van der Waals surface area contributed by atoms with Crippen LogP contribution < -0.4 is 5.32 Å². The van der Waals surface area contributed by atoms with E-state index in [1.807, 2.05) is 31.4 Å². The van der Waals surface area contributed by atoms with E-state index in [4.69, 9.17) is 11.6 Å². The van der Waals surface area contributed by atoms with Gasteiger partial charge in [-0.05, 0) is 23.8 Å². The van der Waals surface area contributed by atoms with Gasteiger partial charge < -0.3 is 5.32 Å². The second-order valence-corrected chi connectivity index (χ2v) is 4.78. The highest BCUT2D eigenvalue weighted by molar-refractivity contribution is 9.10. The Kier molecular flexibility index (Phi) is 3.51. The Morgan fingerprint density at radius 3 is 3.00 bits per heavy atom. The number of halogens is 2. The van der Waals surface area contributed by atoms with Crippen molar-refractivity contribution in [2.24, 2.45) is 7.05 Å². The van der Waals surface area contributed by atoms with E-state index in [1.165, 1.54) is 0 Å². The number of nitrogens with zero attached hydrogens (tertiary/aromatic N) is 2. The molecule has 0 unspecified atom stereocenters. The predicted octanol–water partition coefficient (Wildman–Crippen LogP) is 3.45. The summed E-state index contributed by atoms with van der Waals surface area (Å²) in [4.78, 5) is 0. The van der Waals surface area contributed by atoms with Gasteiger partial charge in [0.1, 0.15) is 0 Å². The Bertz CT molecular complexity index is 496. The van der Waals surface area contributed by atoms with E-state index >= 15 is 0 Å². The molecule has 0 spiro atoms. The summed E-state index contributed by atoms with van der Waals surface area (Å²) in [6.07, 6.45) is 3.72. The Morgan fingerprint density at radius 1 is 1.50 bits per heavy atom. The summed E-state index contributed by atoms with van der Waals surface area (Å²) in [5.41, 5.74) is 2.12. The van der Waals surface area contributed by atoms with Gasteiger partial charge in [-0.25, -0.2) is 0 Å². The summed E-state index contributed by atoms with van der Waals surface area (Å²) in [5, 5.41) is 8.10. The van der Waals surface area contributed by atoms with E-state index in [0.717, 1.165) is 20.7 Å². The quantitative estimate of drug-likeness (QED) is 0.941. The Labute approximate surface area is 108 Å². The topological polar surface area (TPSA) is 29.9 Å². The normalized spacial score (nSPS) is 10.4. The summed E-state index contributed by atoms with van der Waals surface area (Å²) in [6, 6.07) is 5.75. The minimum atomic E-state index is 0.715. The second-order valence-electron chi connectivity index (χ2n) is 3.49. The molecular weight excluding hydrogens is 289 g/mol. The lowest BCUT2D eigenvalue weighted by Crippen LogP contribution is -1.99. The number of anilines is 1. The molecule has 16 heavy (non-hydrogen) atoms. The molecule has 1 N–H and O–H groups in total. The standard InChI is InChI=1S/C11H11BrClN3/c1-16-7-10(6-15-16)14-5-8-4-9(13)2-3-11(8)12/h2-4,6-7,14H,5H2,1H3. The first-order valence-electron chi connectivity index (χ1n) is 4.81. The molecule has 0 aliphatic carbocycles. The minimum Gasteiger partial charge on any atom is -0.378 e. The number of rotatable bonds is 3. The molecule has 0 aliphatic heterocycles. The van der Waals surface area contributed by atoms with Crippen LogP contribution in [0.5, 0.6) is 0 Å². The highest BCUT2D eigenvalue weighted by Gasteiger charge is 2.01. The maximum absolute atomic E-state index is 5.94. The van der Waals surface area contributed by atoms with Crippen molar-refractivity contribution in [2.45, 2.75) is 6.54 Å². The lowest BCUT2D eigenvalue weighted by Gasteiger charge is -2.06. The SMILES string of the molecule is Cn1cc(NCc2cc(Cl)ccc2Br)cn1. The zero-order valence-electron chi connectivity index (χ0n) is 8.74. The fraction of sp³-hybridized carbons (Fsp3) is 0.182. The largest absolute Gasteiger partial charge is 0.378 e. The van der Waals surface area contributed by atoms with Crippen LogP contribution in [0.1, 0.15) is 5.56 Å². The van der Waals surface area contributed by atoms with Crippen molar-refractivity contribution in [2.75, 3.05) is 5.32 Å². The zero-order valence-corrected chi connectivity index (χ0v) is 11.1. The summed E-state index contributed by atoms with van der Waals surface area (Å²) >= 11 is 9.43. The third-order valence-electron chi connectivity index (χ3n) is 2.20. The number of hydrogen-bond donors (Lipinski definition) is 1. The van der Waals surface area contributed by atoms with E-state index in [1.54, 1.807) is 10.9 Å². The first kappa shape index (κ1) is 11.5. The van der Waals surface area contributed by atoms with E-state index in [9.17, 15) is 0 Å². The van der Waals surface area contributed by atoms with Crippen LogP contribution in [0, 0.1) is 0 Å². The van der Waals surface area contributed by atoms with Crippen LogP contribution in [0.2, 0.25) is 5.02 Å². The molecule has 0 radical (unpaired) electrons. The molecule has 0 fully saturated rings. The fourth-order valence-corrected chi connectivity index (χ4v) is 1.97. The smallest absolute Gasteiger partial charge is 0.0729 e. The van der Waals surface area contributed by atoms with Gasteiger partial charge in [0, 0.05) is 29.3 Å². The van der Waals surface area contributed by atoms with Crippen LogP contribution in [0.15, 0.2) is 35.1 Å². The summed E-state index contributed by atoms with van der Waals surface area (Å²) in [5.74, 6) is 0. The number of aromatic nitrogens is 2. The molecule has 2 rings (SSSR count). The molecule has 5 heteroatoms. The van der Waals surface area contributed by atoms with Gasteiger partial charge in [0.2, 0.25) is 0 Å². The van der Waals surface area contributed by atoms with Gasteiger partial charge in [0.05, 0.1) is 11.9 Å². The molecule has 1 aromatic heterocycles. The van der Waals surface area contributed by atoms with Crippen LogP contribution in [-0.4, -0.2) is 9.78 Å². The van der Waals surface area contributed by atoms with E-state index in [0.29, 0.717) is 6.54 Å². The highest BCUT2D eigenvalue weighted by atomic mass is 79.9. The van der Waals surface area contributed by atoms with Crippen molar-refractivity contribution < 1.29 is 0 Å². The number of nitrogens with one attached hydrogen (secondary N) is 1. The zero-order chi connectivity index (χ0) is 11.5. The number of hydrogen-bond acceptors (Lipinski definition) is 2. The van der Waals surface area contributed by atoms with Gasteiger partial charge in [-0.1, -0.05) is 27.5 Å². The third-order valence-corrected chi connectivity index (χ3v) is 3.20. The minimum absolute atomic E-state index is 0.715. The van der Waals surface area contributed by atoms with Gasteiger partial charge >= 0.3 is 0 Å². The highest BCUT2D eigenvalue weighted by Crippen LogP contribution is 2.22. The van der Waals surface area contributed by atoms with Crippen LogP contribution in [0.4, 0.5) is 5.69 Å². The van der Waals surface area contributed by atoms with Gasteiger partial charge in [0.15, 0.2) is 0 Å². The number of benzene rings is 1. The molecule has 0 amide bonds. The van der Waals surface area contributed by atoms with Gasteiger partial charge in [-0.3, -0.25) is 4.68 Å². The lowest BCUT2D eigenvalue weighted by atomic mass is 10.2. The van der Waals surface area contributed by atoms with E-state index < -0.39 is 0 Å². The van der Waals surface area contributed by atoms with Gasteiger partial charge in [-0.2, -0.15) is 5.10 Å². The van der Waals surface area contributed by atoms with Crippen molar-refractivity contribution >= 4 is 33.2 Å². The Hall–Kier alpha value is -1.00. The number of aryl methyl sites for hydroxylation is 1. The summed E-state index contributed by atoms with van der Waals surface area (Å²) in [6.45, 7) is 0.715. The molecule has 1 heterocycles. The average molecular weight is 301 g/mol. The van der Waals surface area contributed by atoms with Crippen molar-refractivity contribution in [3.05, 3.63) is 45.7 Å². The van der Waals surface area contributed by atoms with E-state index in [-0.39, 0.29) is 0 Å². The molecule has 0 bridgehead atoms. The predicted molar refractivity (Wildman–Crippen MR) is 69.7 cm³/mol.